The fourth-order valence-electron chi connectivity index (χ4n) is 2.46. The smallest absolute Gasteiger partial charge is 0.131 e. The van der Waals surface area contributed by atoms with Gasteiger partial charge in [-0.25, -0.2) is 0 Å². The maximum absolute atomic E-state index is 11.3. The topological polar surface area (TPSA) is 17.1 Å². The zero-order valence-corrected chi connectivity index (χ0v) is 19.9. The van der Waals surface area contributed by atoms with Gasteiger partial charge in [-0.3, -0.25) is 4.79 Å². The molecule has 1 heteroatoms. The fourth-order valence-corrected chi connectivity index (χ4v) is 2.46. The Labute approximate surface area is 175 Å². The maximum atomic E-state index is 11.3. The molecule has 0 aliphatic rings. The summed E-state index contributed by atoms with van der Waals surface area (Å²) in [5.74, 6) is 6.39. The van der Waals surface area contributed by atoms with E-state index in [1.54, 1.807) is 6.92 Å². The van der Waals surface area contributed by atoms with Crippen molar-refractivity contribution < 1.29 is 4.79 Å². The van der Waals surface area contributed by atoms with E-state index in [0.717, 1.165) is 6.42 Å². The zero-order valence-electron chi connectivity index (χ0n) is 19.9. The number of hydrogen-bond donors (Lipinski definition) is 0. The van der Waals surface area contributed by atoms with Crippen LogP contribution in [0.2, 0.25) is 0 Å². The van der Waals surface area contributed by atoms with E-state index in [1.165, 1.54) is 0 Å². The summed E-state index contributed by atoms with van der Waals surface area (Å²) in [5, 5.41) is 0. The van der Waals surface area contributed by atoms with E-state index in [2.05, 4.69) is 96.8 Å². The molecule has 156 valence electrons. The highest BCUT2D eigenvalue weighted by Crippen LogP contribution is 2.41. The molecule has 0 radical (unpaired) electrons. The van der Waals surface area contributed by atoms with E-state index in [9.17, 15) is 4.79 Å². The van der Waals surface area contributed by atoms with Crippen LogP contribution in [0.15, 0.2) is 48.6 Å². The molecule has 0 aromatic heterocycles. The number of hydrogen-bond acceptors (Lipinski definition) is 1. The second-order valence-electron chi connectivity index (χ2n) is 10.3. The zero-order chi connectivity index (χ0) is 22.1. The van der Waals surface area contributed by atoms with E-state index in [1.807, 2.05) is 26.0 Å². The molecule has 0 heterocycles. The average Bonchev–Trinajstić information content (AvgIpc) is 2.53. The Kier molecular flexibility index (Phi) is 9.97. The number of Topliss-reactive ketones (excluding diaryl/α,β-unsaturated/α-hetero) is 1. The molecule has 0 aromatic rings. The first kappa shape index (κ1) is 26.2. The van der Waals surface area contributed by atoms with Crippen molar-refractivity contribution in [2.75, 3.05) is 0 Å². The van der Waals surface area contributed by atoms with Crippen LogP contribution < -0.4 is 0 Å². The number of rotatable bonds is 9. The van der Waals surface area contributed by atoms with Crippen molar-refractivity contribution in [1.29, 1.82) is 0 Å². The summed E-state index contributed by atoms with van der Waals surface area (Å²) in [6.07, 6.45) is 18.7. The maximum Gasteiger partial charge on any atom is 0.131 e. The third-order valence-electron chi connectivity index (χ3n) is 5.65. The van der Waals surface area contributed by atoms with Crippen LogP contribution >= 0.6 is 0 Å². The quantitative estimate of drug-likeness (QED) is 0.295. The van der Waals surface area contributed by atoms with Crippen LogP contribution in [0, 0.1) is 33.5 Å². The van der Waals surface area contributed by atoms with Crippen LogP contribution in [-0.4, -0.2) is 5.78 Å². The van der Waals surface area contributed by atoms with Crippen LogP contribution in [0.25, 0.3) is 0 Å². The van der Waals surface area contributed by atoms with Crippen molar-refractivity contribution in [1.82, 2.24) is 0 Å². The second-order valence-corrected chi connectivity index (χ2v) is 10.3. The lowest BCUT2D eigenvalue weighted by molar-refractivity contribution is -0.118. The van der Waals surface area contributed by atoms with Crippen molar-refractivity contribution >= 4 is 5.78 Å². The van der Waals surface area contributed by atoms with Crippen LogP contribution in [0.1, 0.15) is 82.1 Å². The molecule has 0 aliphatic heterocycles. The number of allylic oxidation sites excluding steroid dienone is 8. The van der Waals surface area contributed by atoms with Crippen molar-refractivity contribution in [3.8, 4) is 11.8 Å². The van der Waals surface area contributed by atoms with E-state index in [4.69, 9.17) is 0 Å². The largest absolute Gasteiger partial charge is 0.300 e. The van der Waals surface area contributed by atoms with Gasteiger partial charge in [0.15, 0.2) is 0 Å². The molecule has 0 fully saturated rings. The van der Waals surface area contributed by atoms with Crippen LogP contribution in [0.5, 0.6) is 0 Å². The van der Waals surface area contributed by atoms with E-state index < -0.39 is 0 Å². The lowest BCUT2D eigenvalue weighted by Crippen LogP contribution is -2.28. The Bertz CT molecular complexity index is 680. The van der Waals surface area contributed by atoms with Crippen LogP contribution in [-0.2, 0) is 4.79 Å². The summed E-state index contributed by atoms with van der Waals surface area (Å²) in [6, 6.07) is 0. The number of carbonyl (C=O) groups excluding carboxylic acids is 1. The van der Waals surface area contributed by atoms with Crippen LogP contribution in [0.4, 0.5) is 0 Å². The minimum Gasteiger partial charge on any atom is -0.300 e. The first-order valence-corrected chi connectivity index (χ1v) is 10.4. The summed E-state index contributed by atoms with van der Waals surface area (Å²) in [7, 11) is 0. The van der Waals surface area contributed by atoms with Crippen molar-refractivity contribution in [3.63, 3.8) is 0 Å². The first-order chi connectivity index (χ1) is 12.6. The summed E-state index contributed by atoms with van der Waals surface area (Å²) in [6.45, 7) is 21.4. The Hall–Kier alpha value is -1.81. The highest BCUT2D eigenvalue weighted by Gasteiger charge is 2.32. The van der Waals surface area contributed by atoms with Gasteiger partial charge in [-0.1, -0.05) is 103 Å². The van der Waals surface area contributed by atoms with Gasteiger partial charge in [-0.15, -0.1) is 0 Å². The molecule has 0 unspecified atom stereocenters. The fraction of sp³-hybridized carbons (Fsp3) is 0.593. The Morgan fingerprint density at radius 1 is 0.786 bits per heavy atom. The van der Waals surface area contributed by atoms with Gasteiger partial charge in [0.25, 0.3) is 0 Å². The Balaban J connectivity index is 5.00. The van der Waals surface area contributed by atoms with Crippen molar-refractivity contribution in [2.24, 2.45) is 21.7 Å². The van der Waals surface area contributed by atoms with E-state index in [-0.39, 0.29) is 27.4 Å². The SMILES string of the molecule is CCC(C)(C)/C=C/C=C\C(C)(C)C(C)(C)/C=C/C=C/C#CC(C)(C)CC(C)=O. The van der Waals surface area contributed by atoms with Gasteiger partial charge >= 0.3 is 0 Å². The predicted octanol–water partition coefficient (Wildman–Crippen LogP) is 7.71. The molecule has 0 atom stereocenters. The molecule has 1 nitrogen and oxygen atoms in total. The van der Waals surface area contributed by atoms with Crippen LogP contribution in [0.3, 0.4) is 0 Å². The summed E-state index contributed by atoms with van der Waals surface area (Å²) in [5.41, 5.74) is -0.00298. The molecular formula is C27H42O. The molecule has 0 spiro atoms. The highest BCUT2D eigenvalue weighted by atomic mass is 16.1. The van der Waals surface area contributed by atoms with Gasteiger partial charge in [0.05, 0.1) is 0 Å². The van der Waals surface area contributed by atoms with Gasteiger partial charge in [-0.2, -0.15) is 0 Å². The molecule has 0 aromatic carbocycles. The lowest BCUT2D eigenvalue weighted by Gasteiger charge is -2.37. The number of ketones is 1. The van der Waals surface area contributed by atoms with Crippen molar-refractivity contribution in [2.45, 2.75) is 82.1 Å². The van der Waals surface area contributed by atoms with E-state index in [0.29, 0.717) is 6.42 Å². The molecule has 0 rings (SSSR count). The molecule has 28 heavy (non-hydrogen) atoms. The lowest BCUT2D eigenvalue weighted by atomic mass is 9.67. The second kappa shape index (κ2) is 10.7. The van der Waals surface area contributed by atoms with Gasteiger partial charge in [0, 0.05) is 11.8 Å². The molecule has 0 N–H and O–H groups in total. The molecule has 0 saturated carbocycles. The summed E-state index contributed by atoms with van der Waals surface area (Å²) >= 11 is 0. The van der Waals surface area contributed by atoms with Gasteiger partial charge in [0.1, 0.15) is 5.78 Å². The van der Waals surface area contributed by atoms with Gasteiger partial charge in [-0.05, 0) is 49.5 Å². The molecule has 0 bridgehead atoms. The van der Waals surface area contributed by atoms with E-state index >= 15 is 0 Å². The highest BCUT2D eigenvalue weighted by molar-refractivity contribution is 5.76. The van der Waals surface area contributed by atoms with Gasteiger partial charge in [0.2, 0.25) is 0 Å². The third kappa shape index (κ3) is 10.5. The Morgan fingerprint density at radius 2 is 1.25 bits per heavy atom. The normalized spacial score (nSPS) is 14.4. The minimum absolute atomic E-state index is 0.00326. The van der Waals surface area contributed by atoms with Crippen molar-refractivity contribution in [3.05, 3.63) is 48.6 Å². The summed E-state index contributed by atoms with van der Waals surface area (Å²) < 4.78 is 0. The summed E-state index contributed by atoms with van der Waals surface area (Å²) in [4.78, 5) is 11.3. The number of carbonyl (C=O) groups is 1. The Morgan fingerprint density at radius 3 is 1.71 bits per heavy atom. The predicted molar refractivity (Wildman–Crippen MR) is 125 cm³/mol. The molecule has 0 aliphatic carbocycles. The first-order valence-electron chi connectivity index (χ1n) is 10.4. The molecule has 0 amide bonds. The third-order valence-corrected chi connectivity index (χ3v) is 5.65. The minimum atomic E-state index is -0.272. The monoisotopic (exact) mass is 382 g/mol. The van der Waals surface area contributed by atoms with Gasteiger partial charge < -0.3 is 0 Å². The molecule has 0 saturated heterocycles. The average molecular weight is 383 g/mol. The standard InChI is InChI=1S/C27H42O/c1-11-24(3,4)18-16-17-21-27(9,10)26(7,8)20-15-13-12-14-19-25(5,6)22-23(2)28/h12-13,15-18,20-21H,11,22H2,1-10H3/b13-12+,18-16+,20-15+,21-17-. The molecular weight excluding hydrogens is 340 g/mol.